The zero-order valence-corrected chi connectivity index (χ0v) is 11.9. The van der Waals surface area contributed by atoms with Crippen molar-refractivity contribution < 1.29 is 14.7 Å². The van der Waals surface area contributed by atoms with Crippen LogP contribution in [0.3, 0.4) is 0 Å². The lowest BCUT2D eigenvalue weighted by Gasteiger charge is -2.34. The summed E-state index contributed by atoms with van der Waals surface area (Å²) in [7, 11) is 0. The molecule has 2 N–H and O–H groups in total. The van der Waals surface area contributed by atoms with Crippen molar-refractivity contribution in [3.8, 4) is 0 Å². The van der Waals surface area contributed by atoms with Crippen molar-refractivity contribution in [2.75, 3.05) is 0 Å². The van der Waals surface area contributed by atoms with Crippen molar-refractivity contribution >= 4 is 23.2 Å². The quantitative estimate of drug-likeness (QED) is 0.893. The molecule has 0 radical (unpaired) electrons. The van der Waals surface area contributed by atoms with Gasteiger partial charge in [-0.3, -0.25) is 4.79 Å². The van der Waals surface area contributed by atoms with Crippen LogP contribution in [-0.2, 0) is 0 Å². The fourth-order valence-corrected chi connectivity index (χ4v) is 2.96. The molecule has 1 fully saturated rings. The van der Waals surface area contributed by atoms with Crippen LogP contribution >= 0.6 is 11.3 Å². The van der Waals surface area contributed by atoms with Gasteiger partial charge in [0.1, 0.15) is 0 Å². The molecule has 1 heterocycles. The molecule has 0 saturated heterocycles. The van der Waals surface area contributed by atoms with Crippen LogP contribution in [0.4, 0.5) is 0 Å². The second-order valence-corrected chi connectivity index (χ2v) is 6.61. The fourth-order valence-electron chi connectivity index (χ4n) is 2.27. The van der Waals surface area contributed by atoms with Crippen molar-refractivity contribution in [3.63, 3.8) is 0 Å². The first-order chi connectivity index (χ1) is 8.87. The van der Waals surface area contributed by atoms with Gasteiger partial charge in [-0.1, -0.05) is 13.8 Å². The summed E-state index contributed by atoms with van der Waals surface area (Å²) in [6.07, 6.45) is 4.12. The highest BCUT2D eigenvalue weighted by Crippen LogP contribution is 2.35. The van der Waals surface area contributed by atoms with Crippen LogP contribution < -0.4 is 5.32 Å². The maximum atomic E-state index is 12.0. The Morgan fingerprint density at radius 1 is 1.42 bits per heavy atom. The predicted molar refractivity (Wildman–Crippen MR) is 72.6 cm³/mol. The summed E-state index contributed by atoms with van der Waals surface area (Å²) in [6.45, 7) is 4.48. The monoisotopic (exact) mass is 282 g/mol. The van der Waals surface area contributed by atoms with Gasteiger partial charge in [0.05, 0.1) is 0 Å². The number of carboxylic acids is 1. The molecule has 5 nitrogen and oxygen atoms in total. The number of nitrogens with zero attached hydrogens (tertiary/aromatic N) is 1. The van der Waals surface area contributed by atoms with Crippen LogP contribution in [0.25, 0.3) is 0 Å². The molecule has 19 heavy (non-hydrogen) atoms. The van der Waals surface area contributed by atoms with Gasteiger partial charge in [0.25, 0.3) is 5.91 Å². The molecular weight excluding hydrogens is 264 g/mol. The lowest BCUT2D eigenvalue weighted by Crippen LogP contribution is -2.39. The molecule has 0 atom stereocenters. The summed E-state index contributed by atoms with van der Waals surface area (Å²) in [5.41, 5.74) is 0.290. The summed E-state index contributed by atoms with van der Waals surface area (Å²) < 4.78 is 0. The van der Waals surface area contributed by atoms with Crippen molar-refractivity contribution in [2.24, 2.45) is 5.41 Å². The van der Waals surface area contributed by atoms with Gasteiger partial charge in [-0.2, -0.15) is 0 Å². The number of thiazole rings is 1. The third kappa shape index (κ3) is 3.53. The highest BCUT2D eigenvalue weighted by molar-refractivity contribution is 7.11. The molecule has 1 aromatic heterocycles. The van der Waals surface area contributed by atoms with Crippen molar-refractivity contribution in [3.05, 3.63) is 16.1 Å². The fraction of sp³-hybridized carbons (Fsp3) is 0.615. The molecule has 104 valence electrons. The van der Waals surface area contributed by atoms with Gasteiger partial charge in [-0.05, 0) is 31.1 Å². The molecule has 1 aliphatic carbocycles. The summed E-state index contributed by atoms with van der Waals surface area (Å²) in [5, 5.41) is 13.3. The van der Waals surface area contributed by atoms with Crippen LogP contribution in [-0.4, -0.2) is 28.0 Å². The smallest absolute Gasteiger partial charge is 0.355 e. The molecule has 0 unspecified atom stereocenters. The molecule has 2 rings (SSSR count). The lowest BCUT2D eigenvalue weighted by atomic mass is 9.75. The zero-order valence-electron chi connectivity index (χ0n) is 11.1. The number of amides is 1. The van der Waals surface area contributed by atoms with Gasteiger partial charge in [0.15, 0.2) is 10.7 Å². The van der Waals surface area contributed by atoms with Gasteiger partial charge in [-0.15, -0.1) is 11.3 Å². The molecule has 0 spiro atoms. The third-order valence-corrected chi connectivity index (χ3v) is 4.43. The number of carbonyl (C=O) groups is 2. The van der Waals surface area contributed by atoms with E-state index < -0.39 is 5.97 Å². The first-order valence-electron chi connectivity index (χ1n) is 6.37. The highest BCUT2D eigenvalue weighted by Gasteiger charge is 2.28. The van der Waals surface area contributed by atoms with Gasteiger partial charge in [0, 0.05) is 11.4 Å². The average molecular weight is 282 g/mol. The zero-order chi connectivity index (χ0) is 14.0. The van der Waals surface area contributed by atoms with Crippen molar-refractivity contribution in [2.45, 2.75) is 45.6 Å². The SMILES string of the molecule is CC1(C)CCC(NC(=O)c2nc(C(=O)O)cs2)CC1. The minimum atomic E-state index is -1.10. The van der Waals surface area contributed by atoms with E-state index in [1.165, 1.54) is 5.38 Å². The first kappa shape index (κ1) is 14.0. The Hall–Kier alpha value is -1.43. The van der Waals surface area contributed by atoms with Gasteiger partial charge < -0.3 is 10.4 Å². The number of carbonyl (C=O) groups excluding carboxylic acids is 1. The van der Waals surface area contributed by atoms with Crippen LogP contribution in [0.15, 0.2) is 5.38 Å². The minimum absolute atomic E-state index is 0.0695. The average Bonchev–Trinajstić information content (AvgIpc) is 2.81. The first-order valence-corrected chi connectivity index (χ1v) is 7.25. The number of nitrogens with one attached hydrogen (secondary N) is 1. The second kappa shape index (κ2) is 5.28. The van der Waals surface area contributed by atoms with Crippen LogP contribution in [0, 0.1) is 5.41 Å². The van der Waals surface area contributed by atoms with E-state index in [1.54, 1.807) is 0 Å². The van der Waals surface area contributed by atoms with E-state index in [-0.39, 0.29) is 22.7 Å². The van der Waals surface area contributed by atoms with Crippen LogP contribution in [0.5, 0.6) is 0 Å². The third-order valence-electron chi connectivity index (χ3n) is 3.59. The number of hydrogen-bond acceptors (Lipinski definition) is 4. The Kier molecular flexibility index (Phi) is 3.89. The summed E-state index contributed by atoms with van der Waals surface area (Å²) in [6, 6.07) is 0.178. The topological polar surface area (TPSA) is 79.3 Å². The maximum Gasteiger partial charge on any atom is 0.355 e. The summed E-state index contributed by atoms with van der Waals surface area (Å²) in [5.74, 6) is -1.36. The molecule has 1 saturated carbocycles. The number of aromatic carboxylic acids is 1. The second-order valence-electron chi connectivity index (χ2n) is 5.76. The molecule has 0 aliphatic heterocycles. The van der Waals surface area contributed by atoms with Crippen molar-refractivity contribution in [1.82, 2.24) is 10.3 Å². The minimum Gasteiger partial charge on any atom is -0.476 e. The Bertz CT molecular complexity index is 486. The van der Waals surface area contributed by atoms with E-state index in [2.05, 4.69) is 24.1 Å². The Morgan fingerprint density at radius 2 is 2.05 bits per heavy atom. The molecule has 1 aromatic rings. The van der Waals surface area contributed by atoms with Crippen molar-refractivity contribution in [1.29, 1.82) is 0 Å². The summed E-state index contributed by atoms with van der Waals surface area (Å²) >= 11 is 1.07. The molecule has 0 bridgehead atoms. The van der Waals surface area contributed by atoms with Gasteiger partial charge >= 0.3 is 5.97 Å². The van der Waals surface area contributed by atoms with E-state index in [0.717, 1.165) is 37.0 Å². The Labute approximate surface area is 116 Å². The number of rotatable bonds is 3. The van der Waals surface area contributed by atoms with E-state index in [9.17, 15) is 9.59 Å². The normalized spacial score (nSPS) is 19.1. The maximum absolute atomic E-state index is 12.0. The molecular formula is C13H18N2O3S. The van der Waals surface area contributed by atoms with E-state index in [4.69, 9.17) is 5.11 Å². The Balaban J connectivity index is 1.92. The Morgan fingerprint density at radius 3 is 2.58 bits per heavy atom. The highest BCUT2D eigenvalue weighted by atomic mass is 32.1. The molecule has 0 aromatic carbocycles. The molecule has 1 aliphatic rings. The molecule has 6 heteroatoms. The van der Waals surface area contributed by atoms with Gasteiger partial charge in [-0.25, -0.2) is 9.78 Å². The lowest BCUT2D eigenvalue weighted by molar-refractivity contribution is 0.0691. The van der Waals surface area contributed by atoms with E-state index >= 15 is 0 Å². The number of hydrogen-bond donors (Lipinski definition) is 2. The number of carboxylic acid groups (broad SMARTS) is 1. The van der Waals surface area contributed by atoms with E-state index in [1.807, 2.05) is 0 Å². The summed E-state index contributed by atoms with van der Waals surface area (Å²) in [4.78, 5) is 26.5. The van der Waals surface area contributed by atoms with Gasteiger partial charge in [0.2, 0.25) is 0 Å². The predicted octanol–water partition coefficient (Wildman–Crippen LogP) is 2.54. The van der Waals surface area contributed by atoms with E-state index in [0.29, 0.717) is 5.41 Å². The van der Waals surface area contributed by atoms with Crippen LogP contribution in [0.2, 0.25) is 0 Å². The number of aromatic nitrogens is 1. The van der Waals surface area contributed by atoms with Crippen LogP contribution in [0.1, 0.15) is 59.8 Å². The molecule has 1 amide bonds. The largest absolute Gasteiger partial charge is 0.476 e. The standard InChI is InChI=1S/C13H18N2O3S/c1-13(2)5-3-8(4-6-13)14-10(16)11-15-9(7-19-11)12(17)18/h7-8H,3-6H2,1-2H3,(H,14,16)(H,17,18).